The number of methoxy groups -OCH3 is 1. The number of nitrogens with one attached hydrogen (secondary N) is 1. The molecule has 0 saturated carbocycles. The van der Waals surface area contributed by atoms with E-state index in [0.29, 0.717) is 17.9 Å². The molecular weight excluding hydrogens is 296 g/mol. The number of hydrogen-bond acceptors (Lipinski definition) is 3. The highest BCUT2D eigenvalue weighted by molar-refractivity contribution is 9.10. The van der Waals surface area contributed by atoms with Crippen LogP contribution in [0.25, 0.3) is 0 Å². The molecule has 4 nitrogen and oxygen atoms in total. The summed E-state index contributed by atoms with van der Waals surface area (Å²) >= 11 is 3.39. The lowest BCUT2D eigenvalue weighted by Gasteiger charge is -2.15. The van der Waals surface area contributed by atoms with Gasteiger partial charge in [0.15, 0.2) is 0 Å². The van der Waals surface area contributed by atoms with Crippen molar-refractivity contribution in [3.63, 3.8) is 0 Å². The van der Waals surface area contributed by atoms with Gasteiger partial charge in [0, 0.05) is 16.9 Å². The summed E-state index contributed by atoms with van der Waals surface area (Å²) in [5.41, 5.74) is 7.41. The van der Waals surface area contributed by atoms with Gasteiger partial charge in [0.2, 0.25) is 5.91 Å². The van der Waals surface area contributed by atoms with Crippen LogP contribution in [0.3, 0.4) is 0 Å². The maximum atomic E-state index is 11.8. The van der Waals surface area contributed by atoms with Crippen LogP contribution in [0.1, 0.15) is 25.3 Å². The first-order chi connectivity index (χ1) is 8.47. The number of anilines is 1. The van der Waals surface area contributed by atoms with E-state index in [2.05, 4.69) is 21.2 Å². The third-order valence-corrected chi connectivity index (χ3v) is 3.18. The number of benzene rings is 1. The van der Waals surface area contributed by atoms with Crippen LogP contribution in [0.4, 0.5) is 5.69 Å². The Labute approximate surface area is 116 Å². The standard InChI is InChI=1S/C13H19BrN2O2/c1-4-10(15)7-12(17)16-13-8(2)5-9(14)6-11(13)18-3/h5-6,10H,4,7,15H2,1-3H3,(H,16,17). The Morgan fingerprint density at radius 1 is 1.56 bits per heavy atom. The van der Waals surface area contributed by atoms with Gasteiger partial charge in [-0.1, -0.05) is 22.9 Å². The number of amides is 1. The van der Waals surface area contributed by atoms with E-state index < -0.39 is 0 Å². The molecule has 0 saturated heterocycles. The first-order valence-electron chi connectivity index (χ1n) is 5.87. The second-order valence-electron chi connectivity index (χ2n) is 4.22. The van der Waals surface area contributed by atoms with Crippen LogP contribution in [0.5, 0.6) is 5.75 Å². The molecule has 0 aromatic heterocycles. The van der Waals surface area contributed by atoms with Crippen molar-refractivity contribution >= 4 is 27.5 Å². The average Bonchev–Trinajstić information content (AvgIpc) is 2.31. The summed E-state index contributed by atoms with van der Waals surface area (Å²) < 4.78 is 6.18. The summed E-state index contributed by atoms with van der Waals surface area (Å²) in [6, 6.07) is 3.65. The van der Waals surface area contributed by atoms with Crippen molar-refractivity contribution in [3.05, 3.63) is 22.2 Å². The van der Waals surface area contributed by atoms with E-state index in [1.807, 2.05) is 26.0 Å². The summed E-state index contributed by atoms with van der Waals surface area (Å²) in [4.78, 5) is 11.8. The maximum absolute atomic E-state index is 11.8. The van der Waals surface area contributed by atoms with Crippen molar-refractivity contribution in [2.75, 3.05) is 12.4 Å². The molecule has 1 aromatic rings. The first-order valence-corrected chi connectivity index (χ1v) is 6.66. The minimum Gasteiger partial charge on any atom is -0.495 e. The molecule has 0 heterocycles. The van der Waals surface area contributed by atoms with Crippen LogP contribution in [0.2, 0.25) is 0 Å². The monoisotopic (exact) mass is 314 g/mol. The van der Waals surface area contributed by atoms with Gasteiger partial charge in [-0.2, -0.15) is 0 Å². The largest absolute Gasteiger partial charge is 0.495 e. The lowest BCUT2D eigenvalue weighted by atomic mass is 10.1. The van der Waals surface area contributed by atoms with Crippen LogP contribution in [-0.4, -0.2) is 19.1 Å². The Hall–Kier alpha value is -1.07. The average molecular weight is 315 g/mol. The van der Waals surface area contributed by atoms with Gasteiger partial charge < -0.3 is 15.8 Å². The fraction of sp³-hybridized carbons (Fsp3) is 0.462. The summed E-state index contributed by atoms with van der Waals surface area (Å²) in [6.07, 6.45) is 1.10. The molecule has 0 bridgehead atoms. The molecule has 0 fully saturated rings. The van der Waals surface area contributed by atoms with Crippen molar-refractivity contribution in [3.8, 4) is 5.75 Å². The number of halogens is 1. The molecule has 0 aliphatic heterocycles. The van der Waals surface area contributed by atoms with Gasteiger partial charge in [0.1, 0.15) is 5.75 Å². The smallest absolute Gasteiger partial charge is 0.226 e. The molecule has 0 aliphatic rings. The fourth-order valence-corrected chi connectivity index (χ4v) is 2.16. The molecule has 0 spiro atoms. The SMILES string of the molecule is CCC(N)CC(=O)Nc1c(C)cc(Br)cc1OC. The van der Waals surface area contributed by atoms with Gasteiger partial charge in [-0.15, -0.1) is 0 Å². The minimum absolute atomic E-state index is 0.0897. The highest BCUT2D eigenvalue weighted by Gasteiger charge is 2.13. The quantitative estimate of drug-likeness (QED) is 0.878. The molecule has 1 amide bonds. The van der Waals surface area contributed by atoms with Gasteiger partial charge in [-0.05, 0) is 31.0 Å². The van der Waals surface area contributed by atoms with Crippen LogP contribution in [-0.2, 0) is 4.79 Å². The molecule has 0 aliphatic carbocycles. The van der Waals surface area contributed by atoms with Crippen LogP contribution in [0, 0.1) is 6.92 Å². The minimum atomic E-state index is -0.105. The summed E-state index contributed by atoms with van der Waals surface area (Å²) in [6.45, 7) is 3.88. The van der Waals surface area contributed by atoms with E-state index in [1.165, 1.54) is 0 Å². The lowest BCUT2D eigenvalue weighted by Crippen LogP contribution is -2.26. The third-order valence-electron chi connectivity index (χ3n) is 2.72. The number of hydrogen-bond donors (Lipinski definition) is 2. The van der Waals surface area contributed by atoms with Gasteiger partial charge in [-0.3, -0.25) is 4.79 Å². The number of nitrogens with two attached hydrogens (primary N) is 1. The molecule has 1 aromatic carbocycles. The zero-order valence-electron chi connectivity index (χ0n) is 10.9. The van der Waals surface area contributed by atoms with E-state index in [-0.39, 0.29) is 11.9 Å². The number of ether oxygens (including phenoxy) is 1. The predicted octanol–water partition coefficient (Wildman–Crippen LogP) is 2.83. The predicted molar refractivity (Wildman–Crippen MR) is 76.9 cm³/mol. The van der Waals surface area contributed by atoms with Gasteiger partial charge in [-0.25, -0.2) is 0 Å². The first kappa shape index (κ1) is 15.0. The Morgan fingerprint density at radius 3 is 2.78 bits per heavy atom. The van der Waals surface area contributed by atoms with Crippen molar-refractivity contribution in [1.29, 1.82) is 0 Å². The third kappa shape index (κ3) is 3.99. The summed E-state index contributed by atoms with van der Waals surface area (Å²) in [5.74, 6) is 0.549. The number of carbonyl (C=O) groups is 1. The van der Waals surface area contributed by atoms with Crippen LogP contribution >= 0.6 is 15.9 Å². The Morgan fingerprint density at radius 2 is 2.22 bits per heavy atom. The Kier molecular flexibility index (Phi) is 5.62. The normalized spacial score (nSPS) is 12.1. The second kappa shape index (κ2) is 6.75. The topological polar surface area (TPSA) is 64.4 Å². The van der Waals surface area contributed by atoms with Crippen molar-refractivity contribution in [2.45, 2.75) is 32.7 Å². The molecule has 100 valence electrons. The number of aryl methyl sites for hydroxylation is 1. The Bertz CT molecular complexity index is 435. The number of rotatable bonds is 5. The summed E-state index contributed by atoms with van der Waals surface area (Å²) in [7, 11) is 1.58. The van der Waals surface area contributed by atoms with Crippen molar-refractivity contribution in [2.24, 2.45) is 5.73 Å². The zero-order valence-corrected chi connectivity index (χ0v) is 12.5. The molecule has 5 heteroatoms. The second-order valence-corrected chi connectivity index (χ2v) is 5.14. The van der Waals surface area contributed by atoms with Crippen LogP contribution < -0.4 is 15.8 Å². The van der Waals surface area contributed by atoms with Crippen LogP contribution in [0.15, 0.2) is 16.6 Å². The van der Waals surface area contributed by atoms with E-state index in [0.717, 1.165) is 16.5 Å². The van der Waals surface area contributed by atoms with E-state index in [9.17, 15) is 4.79 Å². The molecule has 18 heavy (non-hydrogen) atoms. The number of carbonyl (C=O) groups excluding carboxylic acids is 1. The molecular formula is C13H19BrN2O2. The van der Waals surface area contributed by atoms with Gasteiger partial charge >= 0.3 is 0 Å². The van der Waals surface area contributed by atoms with E-state index >= 15 is 0 Å². The molecule has 3 N–H and O–H groups in total. The molecule has 1 rings (SSSR count). The van der Waals surface area contributed by atoms with E-state index in [1.54, 1.807) is 7.11 Å². The zero-order chi connectivity index (χ0) is 13.7. The fourth-order valence-electron chi connectivity index (χ4n) is 1.61. The maximum Gasteiger partial charge on any atom is 0.226 e. The highest BCUT2D eigenvalue weighted by Crippen LogP contribution is 2.32. The molecule has 1 unspecified atom stereocenters. The van der Waals surface area contributed by atoms with Crippen molar-refractivity contribution < 1.29 is 9.53 Å². The van der Waals surface area contributed by atoms with E-state index in [4.69, 9.17) is 10.5 Å². The highest BCUT2D eigenvalue weighted by atomic mass is 79.9. The molecule has 1 atom stereocenters. The van der Waals surface area contributed by atoms with Gasteiger partial charge in [0.05, 0.1) is 12.8 Å². The lowest BCUT2D eigenvalue weighted by molar-refractivity contribution is -0.116. The molecule has 0 radical (unpaired) electrons. The Balaban J connectivity index is 2.87. The summed E-state index contributed by atoms with van der Waals surface area (Å²) in [5, 5.41) is 2.86. The van der Waals surface area contributed by atoms with Gasteiger partial charge in [0.25, 0.3) is 0 Å². The van der Waals surface area contributed by atoms with Crippen molar-refractivity contribution in [1.82, 2.24) is 0 Å².